The minimum absolute atomic E-state index is 0.141. The van der Waals surface area contributed by atoms with Crippen LogP contribution in [0.5, 0.6) is 0 Å². The van der Waals surface area contributed by atoms with E-state index < -0.39 is 0 Å². The summed E-state index contributed by atoms with van der Waals surface area (Å²) in [4.78, 5) is 17.9. The van der Waals surface area contributed by atoms with E-state index in [0.29, 0.717) is 17.3 Å². The Morgan fingerprint density at radius 1 is 1.57 bits per heavy atom. The topological polar surface area (TPSA) is 57.8 Å². The lowest BCUT2D eigenvalue weighted by Crippen LogP contribution is -2.42. The number of hydrogen-bond donors (Lipinski definition) is 2. The van der Waals surface area contributed by atoms with Crippen LogP contribution in [-0.4, -0.2) is 16.0 Å². The Bertz CT molecular complexity index is 375. The van der Waals surface area contributed by atoms with Crippen molar-refractivity contribution in [3.8, 4) is 0 Å². The first-order chi connectivity index (χ1) is 6.57. The molecule has 1 fully saturated rings. The summed E-state index contributed by atoms with van der Waals surface area (Å²) < 4.78 is 0. The number of nitrogens with one attached hydrogen (secondary N) is 2. The molecular weight excluding hydrogens is 178 g/mol. The van der Waals surface area contributed by atoms with Gasteiger partial charge in [0.25, 0.3) is 5.56 Å². The third-order valence-corrected chi connectivity index (χ3v) is 2.65. The molecule has 0 bridgehead atoms. The van der Waals surface area contributed by atoms with Crippen LogP contribution in [0.3, 0.4) is 0 Å². The molecule has 1 aromatic heterocycles. The van der Waals surface area contributed by atoms with Crippen LogP contribution in [0.4, 0.5) is 5.82 Å². The zero-order valence-corrected chi connectivity index (χ0v) is 8.50. The zero-order chi connectivity index (χ0) is 10.2. The highest BCUT2D eigenvalue weighted by molar-refractivity contribution is 5.32. The Kier molecular flexibility index (Phi) is 2.06. The predicted molar refractivity (Wildman–Crippen MR) is 55.3 cm³/mol. The maximum absolute atomic E-state index is 11.3. The fourth-order valence-corrected chi connectivity index (χ4v) is 2.02. The van der Waals surface area contributed by atoms with Crippen molar-refractivity contribution in [2.75, 3.05) is 5.32 Å². The molecule has 4 nitrogen and oxygen atoms in total. The maximum Gasteiger partial charge on any atom is 0.290 e. The summed E-state index contributed by atoms with van der Waals surface area (Å²) in [5.74, 6) is 0.438. The van der Waals surface area contributed by atoms with Crippen molar-refractivity contribution in [3.63, 3.8) is 0 Å². The molecule has 1 heterocycles. The highest BCUT2D eigenvalue weighted by atomic mass is 16.1. The fourth-order valence-electron chi connectivity index (χ4n) is 2.02. The predicted octanol–water partition coefficient (Wildman–Crippen LogP) is 1.37. The monoisotopic (exact) mass is 193 g/mol. The third-order valence-electron chi connectivity index (χ3n) is 2.65. The van der Waals surface area contributed by atoms with Gasteiger partial charge in [-0.1, -0.05) is 13.8 Å². The minimum atomic E-state index is -0.141. The van der Waals surface area contributed by atoms with E-state index in [-0.39, 0.29) is 5.56 Å². The van der Waals surface area contributed by atoms with Crippen molar-refractivity contribution in [1.29, 1.82) is 0 Å². The number of nitrogens with zero attached hydrogens (tertiary/aromatic N) is 1. The first-order valence-corrected chi connectivity index (χ1v) is 4.87. The molecule has 0 atom stereocenters. The highest BCUT2D eigenvalue weighted by Crippen LogP contribution is 2.40. The summed E-state index contributed by atoms with van der Waals surface area (Å²) in [7, 11) is 0. The van der Waals surface area contributed by atoms with Gasteiger partial charge in [-0.2, -0.15) is 0 Å². The average molecular weight is 193 g/mol. The van der Waals surface area contributed by atoms with Gasteiger partial charge in [-0.15, -0.1) is 0 Å². The first-order valence-electron chi connectivity index (χ1n) is 4.87. The summed E-state index contributed by atoms with van der Waals surface area (Å²) in [5.41, 5.74) is 0.274. The molecule has 0 aliphatic heterocycles. The number of hydrogen-bond acceptors (Lipinski definition) is 3. The van der Waals surface area contributed by atoms with Crippen LogP contribution in [0.15, 0.2) is 17.2 Å². The van der Waals surface area contributed by atoms with Crippen LogP contribution in [0.25, 0.3) is 0 Å². The summed E-state index contributed by atoms with van der Waals surface area (Å²) >= 11 is 0. The Hall–Kier alpha value is -1.32. The Morgan fingerprint density at radius 2 is 2.29 bits per heavy atom. The van der Waals surface area contributed by atoms with Crippen LogP contribution in [0.2, 0.25) is 0 Å². The van der Waals surface area contributed by atoms with Crippen LogP contribution in [0, 0.1) is 5.41 Å². The standard InChI is InChI=1S/C10H15N3O/c1-10(2)5-7(6-10)13-8-9(14)12-4-3-11-8/h3-4,7H,5-6H2,1-2H3,(H,11,13)(H,12,14). The molecule has 0 spiro atoms. The van der Waals surface area contributed by atoms with E-state index in [2.05, 4.69) is 29.1 Å². The fraction of sp³-hybridized carbons (Fsp3) is 0.600. The molecule has 2 N–H and O–H groups in total. The molecule has 0 saturated heterocycles. The normalized spacial score (nSPS) is 20.1. The van der Waals surface area contributed by atoms with Crippen molar-refractivity contribution in [3.05, 3.63) is 22.7 Å². The van der Waals surface area contributed by atoms with Gasteiger partial charge in [-0.25, -0.2) is 4.98 Å². The largest absolute Gasteiger partial charge is 0.363 e. The van der Waals surface area contributed by atoms with Gasteiger partial charge in [-0.3, -0.25) is 4.79 Å². The van der Waals surface area contributed by atoms with Gasteiger partial charge in [0.05, 0.1) is 0 Å². The van der Waals surface area contributed by atoms with Gasteiger partial charge in [0.15, 0.2) is 5.82 Å². The second kappa shape index (κ2) is 3.12. The van der Waals surface area contributed by atoms with Gasteiger partial charge >= 0.3 is 0 Å². The van der Waals surface area contributed by atoms with Gasteiger partial charge in [0.1, 0.15) is 0 Å². The molecule has 1 saturated carbocycles. The molecule has 1 aromatic rings. The van der Waals surface area contributed by atoms with Crippen LogP contribution in [-0.2, 0) is 0 Å². The lowest BCUT2D eigenvalue weighted by Gasteiger charge is -2.42. The Morgan fingerprint density at radius 3 is 2.86 bits per heavy atom. The third kappa shape index (κ3) is 1.78. The van der Waals surface area contributed by atoms with Gasteiger partial charge in [0.2, 0.25) is 0 Å². The van der Waals surface area contributed by atoms with Gasteiger partial charge < -0.3 is 10.3 Å². The second-order valence-electron chi connectivity index (χ2n) is 4.68. The van der Waals surface area contributed by atoms with E-state index in [9.17, 15) is 4.79 Å². The zero-order valence-electron chi connectivity index (χ0n) is 8.50. The van der Waals surface area contributed by atoms with E-state index in [1.807, 2.05) is 0 Å². The van der Waals surface area contributed by atoms with E-state index in [1.54, 1.807) is 6.20 Å². The van der Waals surface area contributed by atoms with Gasteiger partial charge in [-0.05, 0) is 18.3 Å². The molecule has 1 aliphatic carbocycles. The van der Waals surface area contributed by atoms with Crippen molar-refractivity contribution in [1.82, 2.24) is 9.97 Å². The summed E-state index contributed by atoms with van der Waals surface area (Å²) in [5, 5.41) is 3.15. The molecule has 0 unspecified atom stereocenters. The lowest BCUT2D eigenvalue weighted by atomic mass is 9.68. The van der Waals surface area contributed by atoms with Crippen LogP contribution < -0.4 is 10.9 Å². The van der Waals surface area contributed by atoms with Crippen molar-refractivity contribution in [2.45, 2.75) is 32.7 Å². The molecule has 2 rings (SSSR count). The second-order valence-corrected chi connectivity index (χ2v) is 4.68. The quantitative estimate of drug-likeness (QED) is 0.745. The van der Waals surface area contributed by atoms with Crippen molar-refractivity contribution in [2.24, 2.45) is 5.41 Å². The SMILES string of the molecule is CC1(C)CC(Nc2ncc[nH]c2=O)C1. The number of aromatic amines is 1. The van der Waals surface area contributed by atoms with Gasteiger partial charge in [0, 0.05) is 18.4 Å². The number of aromatic nitrogens is 2. The van der Waals surface area contributed by atoms with Crippen LogP contribution in [0.1, 0.15) is 26.7 Å². The summed E-state index contributed by atoms with van der Waals surface area (Å²) in [6, 6.07) is 0.404. The molecule has 76 valence electrons. The van der Waals surface area contributed by atoms with E-state index in [0.717, 1.165) is 12.8 Å². The smallest absolute Gasteiger partial charge is 0.290 e. The average Bonchev–Trinajstić information content (AvgIpc) is 2.05. The molecule has 4 heteroatoms. The van der Waals surface area contributed by atoms with Crippen LogP contribution >= 0.6 is 0 Å². The summed E-state index contributed by atoms with van der Waals surface area (Å²) in [6.45, 7) is 4.46. The molecule has 0 amide bonds. The number of H-pyrrole nitrogens is 1. The van der Waals surface area contributed by atoms with E-state index in [4.69, 9.17) is 0 Å². The van der Waals surface area contributed by atoms with E-state index in [1.165, 1.54) is 6.20 Å². The summed E-state index contributed by atoms with van der Waals surface area (Å²) in [6.07, 6.45) is 5.33. The maximum atomic E-state index is 11.3. The Balaban J connectivity index is 2.00. The number of rotatable bonds is 2. The first kappa shape index (κ1) is 9.24. The van der Waals surface area contributed by atoms with E-state index >= 15 is 0 Å². The molecule has 0 radical (unpaired) electrons. The van der Waals surface area contributed by atoms with Crippen molar-refractivity contribution >= 4 is 5.82 Å². The van der Waals surface area contributed by atoms with Crippen molar-refractivity contribution < 1.29 is 0 Å². The Labute approximate surface area is 82.8 Å². The molecule has 14 heavy (non-hydrogen) atoms. The highest BCUT2D eigenvalue weighted by Gasteiger charge is 2.36. The molecule has 1 aliphatic rings. The number of anilines is 1. The lowest BCUT2D eigenvalue weighted by molar-refractivity contribution is 0.167. The minimum Gasteiger partial charge on any atom is -0.363 e. The molecule has 0 aromatic carbocycles. The molecular formula is C10H15N3O.